The van der Waals surface area contributed by atoms with Gasteiger partial charge in [0.05, 0.1) is 0 Å². The van der Waals surface area contributed by atoms with Crippen molar-refractivity contribution >= 4 is 5.97 Å². The van der Waals surface area contributed by atoms with E-state index in [2.05, 4.69) is 9.97 Å². The first kappa shape index (κ1) is 7.39. The summed E-state index contributed by atoms with van der Waals surface area (Å²) in [6, 6.07) is 0. The fourth-order valence-electron chi connectivity index (χ4n) is 0.571. The normalized spacial score (nSPS) is 9.45. The SMILES string of the molecule is O=C(O)Cn1cncnc1=O. The molecule has 0 aliphatic carbocycles. The fraction of sp³-hybridized carbons (Fsp3) is 0.200. The van der Waals surface area contributed by atoms with Crippen molar-refractivity contribution in [1.29, 1.82) is 0 Å². The van der Waals surface area contributed by atoms with Gasteiger partial charge in [0.2, 0.25) is 0 Å². The lowest BCUT2D eigenvalue weighted by molar-refractivity contribution is -0.137. The molecule has 1 rings (SSSR count). The largest absolute Gasteiger partial charge is 0.480 e. The highest BCUT2D eigenvalue weighted by Crippen LogP contribution is 1.74. The van der Waals surface area contributed by atoms with Crippen LogP contribution in [0.4, 0.5) is 0 Å². The first-order valence-electron chi connectivity index (χ1n) is 2.78. The number of carboxylic acid groups (broad SMARTS) is 1. The Morgan fingerprint density at radius 3 is 3.00 bits per heavy atom. The minimum Gasteiger partial charge on any atom is -0.480 e. The second kappa shape index (κ2) is 2.91. The zero-order valence-electron chi connectivity index (χ0n) is 5.47. The number of hydrogen-bond acceptors (Lipinski definition) is 4. The van der Waals surface area contributed by atoms with E-state index >= 15 is 0 Å². The Morgan fingerprint density at radius 2 is 2.45 bits per heavy atom. The van der Waals surface area contributed by atoms with Gasteiger partial charge in [0.15, 0.2) is 0 Å². The number of aromatic nitrogens is 3. The molecule has 0 radical (unpaired) electrons. The van der Waals surface area contributed by atoms with Crippen LogP contribution in [0.1, 0.15) is 0 Å². The quantitative estimate of drug-likeness (QED) is 0.575. The van der Waals surface area contributed by atoms with Crippen LogP contribution in [0.3, 0.4) is 0 Å². The molecular formula is C5H5N3O3. The van der Waals surface area contributed by atoms with Gasteiger partial charge in [-0.1, -0.05) is 0 Å². The Kier molecular flexibility index (Phi) is 1.95. The molecule has 1 N–H and O–H groups in total. The standard InChI is InChI=1S/C5H5N3O3/c9-4(10)1-8-3-6-2-7-5(8)11/h2-3H,1H2,(H,9,10). The number of nitrogens with zero attached hydrogens (tertiary/aromatic N) is 3. The minimum absolute atomic E-state index is 0.403. The van der Waals surface area contributed by atoms with E-state index in [9.17, 15) is 9.59 Å². The van der Waals surface area contributed by atoms with Gasteiger partial charge in [-0.3, -0.25) is 9.36 Å². The van der Waals surface area contributed by atoms with Crippen molar-refractivity contribution < 1.29 is 9.90 Å². The molecule has 1 heterocycles. The maximum atomic E-state index is 10.7. The van der Waals surface area contributed by atoms with Crippen molar-refractivity contribution in [2.45, 2.75) is 6.54 Å². The average molecular weight is 155 g/mol. The van der Waals surface area contributed by atoms with Gasteiger partial charge in [-0.15, -0.1) is 0 Å². The van der Waals surface area contributed by atoms with Crippen LogP contribution in [0.15, 0.2) is 17.4 Å². The molecule has 0 aliphatic rings. The van der Waals surface area contributed by atoms with E-state index in [1.165, 1.54) is 0 Å². The van der Waals surface area contributed by atoms with Crippen molar-refractivity contribution in [2.24, 2.45) is 0 Å². The lowest BCUT2D eigenvalue weighted by atomic mass is 10.6. The number of carboxylic acids is 1. The van der Waals surface area contributed by atoms with Crippen LogP contribution < -0.4 is 5.69 Å². The first-order chi connectivity index (χ1) is 5.20. The molecular weight excluding hydrogens is 150 g/mol. The number of carbonyl (C=O) groups is 1. The summed E-state index contributed by atoms with van der Waals surface area (Å²) < 4.78 is 0.905. The van der Waals surface area contributed by atoms with Gasteiger partial charge in [-0.25, -0.2) is 9.78 Å². The molecule has 0 unspecified atom stereocenters. The van der Waals surface area contributed by atoms with Crippen molar-refractivity contribution in [1.82, 2.24) is 14.5 Å². The molecule has 58 valence electrons. The van der Waals surface area contributed by atoms with E-state index in [1.807, 2.05) is 0 Å². The molecule has 0 bridgehead atoms. The second-order valence-corrected chi connectivity index (χ2v) is 1.81. The Labute approximate surface area is 61.1 Å². The summed E-state index contributed by atoms with van der Waals surface area (Å²) in [6.07, 6.45) is 2.20. The lowest BCUT2D eigenvalue weighted by Gasteiger charge is -1.96. The molecule has 0 saturated heterocycles. The van der Waals surface area contributed by atoms with Crippen LogP contribution in [-0.4, -0.2) is 25.6 Å². The summed E-state index contributed by atoms with van der Waals surface area (Å²) in [5, 5.41) is 8.28. The number of hydrogen-bond donors (Lipinski definition) is 1. The minimum atomic E-state index is -1.10. The molecule has 0 saturated carbocycles. The summed E-state index contributed by atoms with van der Waals surface area (Å²) in [7, 11) is 0. The van der Waals surface area contributed by atoms with E-state index in [1.54, 1.807) is 0 Å². The van der Waals surface area contributed by atoms with Crippen LogP contribution in [-0.2, 0) is 11.3 Å². The average Bonchev–Trinajstić information content (AvgIpc) is 1.93. The summed E-state index contributed by atoms with van der Waals surface area (Å²) in [5.41, 5.74) is -0.609. The molecule has 0 aliphatic heterocycles. The second-order valence-electron chi connectivity index (χ2n) is 1.81. The van der Waals surface area contributed by atoms with Gasteiger partial charge in [-0.05, 0) is 0 Å². The third-order valence-corrected chi connectivity index (χ3v) is 0.992. The molecule has 6 heteroatoms. The zero-order valence-corrected chi connectivity index (χ0v) is 5.47. The van der Waals surface area contributed by atoms with E-state index < -0.39 is 18.2 Å². The third kappa shape index (κ3) is 1.85. The van der Waals surface area contributed by atoms with E-state index in [4.69, 9.17) is 5.11 Å². The van der Waals surface area contributed by atoms with Gasteiger partial charge >= 0.3 is 11.7 Å². The molecule has 11 heavy (non-hydrogen) atoms. The summed E-state index contributed by atoms with van der Waals surface area (Å²) in [6.45, 7) is -0.403. The Morgan fingerprint density at radius 1 is 1.73 bits per heavy atom. The highest BCUT2D eigenvalue weighted by Gasteiger charge is 2.00. The molecule has 0 spiro atoms. The van der Waals surface area contributed by atoms with Crippen LogP contribution in [0.25, 0.3) is 0 Å². The van der Waals surface area contributed by atoms with Gasteiger partial charge < -0.3 is 5.11 Å². The summed E-state index contributed by atoms with van der Waals surface area (Å²) in [4.78, 5) is 27.6. The maximum Gasteiger partial charge on any atom is 0.350 e. The van der Waals surface area contributed by atoms with Gasteiger partial charge in [-0.2, -0.15) is 4.98 Å². The van der Waals surface area contributed by atoms with Crippen molar-refractivity contribution in [3.8, 4) is 0 Å². The summed E-state index contributed by atoms with van der Waals surface area (Å²) in [5.74, 6) is -1.10. The molecule has 1 aromatic heterocycles. The Bertz CT molecular complexity index is 319. The molecule has 6 nitrogen and oxygen atoms in total. The first-order valence-corrected chi connectivity index (χ1v) is 2.78. The third-order valence-electron chi connectivity index (χ3n) is 0.992. The number of rotatable bonds is 2. The van der Waals surface area contributed by atoms with Gasteiger partial charge in [0.25, 0.3) is 0 Å². The lowest BCUT2D eigenvalue weighted by Crippen LogP contribution is -2.25. The van der Waals surface area contributed by atoms with Crippen molar-refractivity contribution in [3.63, 3.8) is 0 Å². The van der Waals surface area contributed by atoms with Gasteiger partial charge in [0.1, 0.15) is 19.2 Å². The summed E-state index contributed by atoms with van der Waals surface area (Å²) >= 11 is 0. The smallest absolute Gasteiger partial charge is 0.350 e. The zero-order chi connectivity index (χ0) is 8.27. The van der Waals surface area contributed by atoms with Crippen LogP contribution in [0.2, 0.25) is 0 Å². The fourth-order valence-corrected chi connectivity index (χ4v) is 0.571. The van der Waals surface area contributed by atoms with Crippen LogP contribution >= 0.6 is 0 Å². The predicted molar refractivity (Wildman–Crippen MR) is 33.9 cm³/mol. The highest BCUT2D eigenvalue weighted by molar-refractivity contribution is 5.66. The maximum absolute atomic E-state index is 10.7. The van der Waals surface area contributed by atoms with Crippen molar-refractivity contribution in [3.05, 3.63) is 23.1 Å². The van der Waals surface area contributed by atoms with E-state index in [0.717, 1.165) is 17.2 Å². The molecule has 0 atom stereocenters. The molecule has 0 aromatic carbocycles. The van der Waals surface area contributed by atoms with Crippen molar-refractivity contribution in [2.75, 3.05) is 0 Å². The monoisotopic (exact) mass is 155 g/mol. The van der Waals surface area contributed by atoms with E-state index in [-0.39, 0.29) is 0 Å². The molecule has 0 amide bonds. The highest BCUT2D eigenvalue weighted by atomic mass is 16.4. The Hall–Kier alpha value is -1.72. The van der Waals surface area contributed by atoms with Crippen LogP contribution in [0.5, 0.6) is 0 Å². The molecule has 0 fully saturated rings. The molecule has 1 aromatic rings. The predicted octanol–water partition coefficient (Wildman–Crippen LogP) is -1.28. The van der Waals surface area contributed by atoms with Gasteiger partial charge in [0, 0.05) is 0 Å². The van der Waals surface area contributed by atoms with Crippen LogP contribution in [0, 0.1) is 0 Å². The van der Waals surface area contributed by atoms with E-state index in [0.29, 0.717) is 0 Å². The Balaban J connectivity index is 2.95. The number of aliphatic carboxylic acids is 1. The topological polar surface area (TPSA) is 85.1 Å².